The lowest BCUT2D eigenvalue weighted by atomic mass is 9.90. The molecule has 0 saturated carbocycles. The normalized spacial score (nSPS) is 21.1. The number of aromatic amines is 1. The number of hydrogen-bond donors (Lipinski definition) is 1. The molecule has 27 heavy (non-hydrogen) atoms. The van der Waals surface area contributed by atoms with Crippen molar-refractivity contribution < 1.29 is 30.7 Å². The number of halogens is 3. The summed E-state index contributed by atoms with van der Waals surface area (Å²) in [6.07, 6.45) is -1.41. The van der Waals surface area contributed by atoms with Gasteiger partial charge in [0.2, 0.25) is 5.09 Å². The second kappa shape index (κ2) is 6.35. The Bertz CT molecular complexity index is 919. The average Bonchev–Trinajstić information content (AvgIpc) is 3.35. The van der Waals surface area contributed by atoms with Gasteiger partial charge in [-0.15, -0.1) is 0 Å². The summed E-state index contributed by atoms with van der Waals surface area (Å²) in [5.74, 6) is -0.0482. The number of H-pyrrole nitrogens is 1. The first-order valence-corrected chi connectivity index (χ1v) is 10.0. The van der Waals surface area contributed by atoms with E-state index in [0.717, 1.165) is 18.9 Å². The molecule has 0 unspecified atom stereocenters. The van der Waals surface area contributed by atoms with Crippen LogP contribution >= 0.6 is 0 Å². The number of furan rings is 1. The topological polar surface area (TPSA) is 88.4 Å². The van der Waals surface area contributed by atoms with Gasteiger partial charge in [0.05, 0.1) is 5.60 Å². The van der Waals surface area contributed by atoms with E-state index in [-0.39, 0.29) is 22.1 Å². The highest BCUT2D eigenvalue weighted by Crippen LogP contribution is 2.37. The van der Waals surface area contributed by atoms with Crippen LogP contribution in [0.25, 0.3) is 11.5 Å². The van der Waals surface area contributed by atoms with Gasteiger partial charge >= 0.3 is 6.18 Å². The molecule has 11 heteroatoms. The molecule has 2 aromatic heterocycles. The van der Waals surface area contributed by atoms with Gasteiger partial charge in [-0.25, -0.2) is 8.42 Å². The van der Waals surface area contributed by atoms with Crippen LogP contribution in [0.15, 0.2) is 27.7 Å². The summed E-state index contributed by atoms with van der Waals surface area (Å²) in [6.45, 7) is 1.34. The highest BCUT2D eigenvalue weighted by molar-refractivity contribution is 7.89. The first kappa shape index (κ1) is 18.5. The molecule has 0 aromatic carbocycles. The van der Waals surface area contributed by atoms with Crippen molar-refractivity contribution in [1.82, 2.24) is 14.5 Å². The van der Waals surface area contributed by atoms with Gasteiger partial charge in [0.15, 0.2) is 5.76 Å². The van der Waals surface area contributed by atoms with Gasteiger partial charge < -0.3 is 9.15 Å². The maximum Gasteiger partial charge on any atom is 0.432 e. The predicted molar refractivity (Wildman–Crippen MR) is 87.2 cm³/mol. The first-order valence-electron chi connectivity index (χ1n) is 8.57. The van der Waals surface area contributed by atoms with Crippen molar-refractivity contribution in [2.75, 3.05) is 19.7 Å². The van der Waals surface area contributed by atoms with E-state index >= 15 is 0 Å². The zero-order valence-electron chi connectivity index (χ0n) is 14.3. The highest BCUT2D eigenvalue weighted by Gasteiger charge is 2.42. The van der Waals surface area contributed by atoms with Crippen LogP contribution in [-0.2, 0) is 20.9 Å². The second-order valence-electron chi connectivity index (χ2n) is 6.82. The van der Waals surface area contributed by atoms with E-state index < -0.39 is 21.9 Å². The minimum Gasteiger partial charge on any atom is -0.442 e. The zero-order chi connectivity index (χ0) is 19.3. The number of nitrogens with one attached hydrogen (secondary N) is 1. The summed E-state index contributed by atoms with van der Waals surface area (Å²) in [5, 5.41) is 5.11. The third kappa shape index (κ3) is 3.39. The number of aromatic nitrogens is 2. The summed E-state index contributed by atoms with van der Waals surface area (Å²) >= 11 is 0. The van der Waals surface area contributed by atoms with Crippen LogP contribution < -0.4 is 0 Å². The van der Waals surface area contributed by atoms with E-state index in [1.165, 1.54) is 16.4 Å². The van der Waals surface area contributed by atoms with Crippen molar-refractivity contribution in [2.45, 2.75) is 42.6 Å². The Morgan fingerprint density at radius 2 is 1.93 bits per heavy atom. The van der Waals surface area contributed by atoms with Crippen LogP contribution in [0.3, 0.4) is 0 Å². The van der Waals surface area contributed by atoms with Crippen molar-refractivity contribution in [3.8, 4) is 11.5 Å². The smallest absolute Gasteiger partial charge is 0.432 e. The van der Waals surface area contributed by atoms with Crippen LogP contribution in [0.2, 0.25) is 0 Å². The van der Waals surface area contributed by atoms with Crippen LogP contribution in [0.4, 0.5) is 13.2 Å². The van der Waals surface area contributed by atoms with E-state index in [9.17, 15) is 21.6 Å². The van der Waals surface area contributed by atoms with Crippen molar-refractivity contribution in [3.05, 3.63) is 23.9 Å². The fourth-order valence-corrected chi connectivity index (χ4v) is 4.95. The summed E-state index contributed by atoms with van der Waals surface area (Å²) < 4.78 is 76.0. The predicted octanol–water partition coefficient (Wildman–Crippen LogP) is 3.02. The molecule has 1 spiro atoms. The van der Waals surface area contributed by atoms with E-state index in [1.807, 2.05) is 5.10 Å². The number of nitrogens with zero attached hydrogens (tertiary/aromatic N) is 2. The van der Waals surface area contributed by atoms with Crippen LogP contribution in [0.1, 0.15) is 31.4 Å². The molecule has 0 atom stereocenters. The summed E-state index contributed by atoms with van der Waals surface area (Å²) in [4.78, 5) is 0. The van der Waals surface area contributed by atoms with Crippen molar-refractivity contribution >= 4 is 10.0 Å². The molecule has 148 valence electrons. The number of piperidine rings is 1. The number of alkyl halides is 3. The standard InChI is InChI=1S/C16H18F3N3O4S/c17-16(18,19)13-10-11(20-21-13)12-2-3-14(26-12)27(23,24)22-7-5-15(6-8-22)4-1-9-25-15/h2-3,10H,1,4-9H2,(H,20,21). The fraction of sp³-hybridized carbons (Fsp3) is 0.562. The van der Waals surface area contributed by atoms with Gasteiger partial charge in [-0.1, -0.05) is 0 Å². The van der Waals surface area contributed by atoms with Crippen LogP contribution in [-0.4, -0.2) is 48.2 Å². The van der Waals surface area contributed by atoms with Crippen LogP contribution in [0.5, 0.6) is 0 Å². The molecule has 4 rings (SSSR count). The van der Waals surface area contributed by atoms with Gasteiger partial charge in [-0.2, -0.15) is 22.6 Å². The van der Waals surface area contributed by atoms with E-state index in [2.05, 4.69) is 5.10 Å². The summed E-state index contributed by atoms with van der Waals surface area (Å²) in [5.41, 5.74) is -1.36. The van der Waals surface area contributed by atoms with E-state index in [4.69, 9.17) is 9.15 Å². The minimum atomic E-state index is -4.57. The molecular formula is C16H18F3N3O4S. The van der Waals surface area contributed by atoms with Gasteiger partial charge in [0, 0.05) is 19.7 Å². The van der Waals surface area contributed by atoms with E-state index in [1.54, 1.807) is 0 Å². The molecule has 0 radical (unpaired) electrons. The molecule has 2 fully saturated rings. The van der Waals surface area contributed by atoms with Gasteiger partial charge in [-0.3, -0.25) is 5.10 Å². The molecule has 0 amide bonds. The summed E-state index contributed by atoms with van der Waals surface area (Å²) in [7, 11) is -3.87. The number of ether oxygens (including phenoxy) is 1. The monoisotopic (exact) mass is 405 g/mol. The SMILES string of the molecule is O=S(=O)(c1ccc(-c2cc(C(F)(F)F)[nH]n2)o1)N1CCC2(CCCO2)CC1. The Kier molecular flexibility index (Phi) is 4.35. The number of hydrogen-bond acceptors (Lipinski definition) is 5. The Hall–Kier alpha value is -1.85. The minimum absolute atomic E-state index is 0.0482. The summed E-state index contributed by atoms with van der Waals surface area (Å²) in [6, 6.07) is 3.31. The molecule has 7 nitrogen and oxygen atoms in total. The molecular weight excluding hydrogens is 387 g/mol. The largest absolute Gasteiger partial charge is 0.442 e. The Labute approximate surface area is 153 Å². The Balaban J connectivity index is 1.51. The molecule has 2 aliphatic heterocycles. The van der Waals surface area contributed by atoms with Crippen molar-refractivity contribution in [1.29, 1.82) is 0 Å². The van der Waals surface area contributed by atoms with Crippen LogP contribution in [0, 0.1) is 0 Å². The van der Waals surface area contributed by atoms with Crippen molar-refractivity contribution in [2.24, 2.45) is 0 Å². The molecule has 2 aliphatic rings. The maximum absolute atomic E-state index is 12.8. The van der Waals surface area contributed by atoms with Crippen molar-refractivity contribution in [3.63, 3.8) is 0 Å². The lowest BCUT2D eigenvalue weighted by molar-refractivity contribution is -0.141. The zero-order valence-corrected chi connectivity index (χ0v) is 15.1. The van der Waals surface area contributed by atoms with Gasteiger partial charge in [0.25, 0.3) is 10.0 Å². The Morgan fingerprint density at radius 3 is 2.52 bits per heavy atom. The lowest BCUT2D eigenvalue weighted by Crippen LogP contribution is -2.46. The number of sulfonamides is 1. The quantitative estimate of drug-likeness (QED) is 0.848. The molecule has 2 saturated heterocycles. The second-order valence-corrected chi connectivity index (χ2v) is 8.69. The molecule has 1 N–H and O–H groups in total. The fourth-order valence-electron chi connectivity index (χ4n) is 3.60. The highest BCUT2D eigenvalue weighted by atomic mass is 32.2. The molecule has 2 aromatic rings. The number of rotatable bonds is 3. The van der Waals surface area contributed by atoms with E-state index in [0.29, 0.717) is 32.5 Å². The average molecular weight is 405 g/mol. The van der Waals surface area contributed by atoms with Gasteiger partial charge in [0.1, 0.15) is 11.4 Å². The molecule has 0 aliphatic carbocycles. The molecule has 4 heterocycles. The maximum atomic E-state index is 12.8. The first-order chi connectivity index (χ1) is 12.7. The molecule has 0 bridgehead atoms. The third-order valence-corrected chi connectivity index (χ3v) is 6.90. The lowest BCUT2D eigenvalue weighted by Gasteiger charge is -2.37. The van der Waals surface area contributed by atoms with Gasteiger partial charge in [-0.05, 0) is 43.9 Å². The Morgan fingerprint density at radius 1 is 1.19 bits per heavy atom. The third-order valence-electron chi connectivity index (χ3n) is 5.13.